The highest BCUT2D eigenvalue weighted by atomic mass is 16.5. The Bertz CT molecular complexity index is 882. The summed E-state index contributed by atoms with van der Waals surface area (Å²) in [4.78, 5) is 28.4. The smallest absolute Gasteiger partial charge is 0.270 e. The minimum Gasteiger partial charge on any atom is -0.378 e. The lowest BCUT2D eigenvalue weighted by Gasteiger charge is -2.62. The summed E-state index contributed by atoms with van der Waals surface area (Å²) < 4.78 is 5.47. The molecule has 1 saturated heterocycles. The predicted octanol–water partition coefficient (Wildman–Crippen LogP) is 2.16. The quantitative estimate of drug-likeness (QED) is 0.776. The van der Waals surface area contributed by atoms with Gasteiger partial charge in [0.15, 0.2) is 0 Å². The van der Waals surface area contributed by atoms with Gasteiger partial charge in [-0.1, -0.05) is 6.07 Å². The first-order valence-electron chi connectivity index (χ1n) is 10.3. The number of nitrogens with one attached hydrogen (secondary N) is 2. The van der Waals surface area contributed by atoms with Gasteiger partial charge in [-0.15, -0.1) is 0 Å². The van der Waals surface area contributed by atoms with Crippen LogP contribution in [0.15, 0.2) is 30.5 Å². The number of nitrogens with zero attached hydrogens (tertiary/aromatic N) is 4. The number of ether oxygens (including phenoxy) is 1. The van der Waals surface area contributed by atoms with Gasteiger partial charge in [-0.3, -0.25) is 9.78 Å². The summed E-state index contributed by atoms with van der Waals surface area (Å²) in [5.74, 6) is 2.21. The number of hydrogen-bond acceptors (Lipinski definition) is 7. The summed E-state index contributed by atoms with van der Waals surface area (Å²) in [5, 5.41) is 6.65. The maximum Gasteiger partial charge on any atom is 0.270 e. The number of aromatic nitrogens is 3. The van der Waals surface area contributed by atoms with Crippen molar-refractivity contribution in [2.75, 3.05) is 36.5 Å². The van der Waals surface area contributed by atoms with E-state index in [0.717, 1.165) is 30.5 Å². The fourth-order valence-electron chi connectivity index (χ4n) is 4.39. The number of carbonyl (C=O) groups excluding carboxylic acids is 1. The van der Waals surface area contributed by atoms with Gasteiger partial charge < -0.3 is 20.3 Å². The molecule has 0 aromatic carbocycles. The zero-order valence-corrected chi connectivity index (χ0v) is 16.6. The lowest BCUT2D eigenvalue weighted by atomic mass is 9.50. The Balaban J connectivity index is 1.38. The van der Waals surface area contributed by atoms with Crippen LogP contribution in [0.5, 0.6) is 0 Å². The predicted molar refractivity (Wildman–Crippen MR) is 109 cm³/mol. The zero-order chi connectivity index (χ0) is 19.8. The third-order valence-electron chi connectivity index (χ3n) is 6.15. The summed E-state index contributed by atoms with van der Waals surface area (Å²) in [6, 6.07) is 7.01. The highest BCUT2D eigenvalue weighted by Gasteiger charge is 2.56. The van der Waals surface area contributed by atoms with Crippen molar-refractivity contribution in [3.05, 3.63) is 41.9 Å². The molecule has 3 aliphatic carbocycles. The van der Waals surface area contributed by atoms with E-state index in [1.807, 2.05) is 13.0 Å². The van der Waals surface area contributed by atoms with E-state index in [2.05, 4.69) is 20.5 Å². The standard InChI is InChI=1S/C21H26N6O2/c1-14(23-19(28)16-4-2-3-5-22-16)17-10-18(26-21-11-15(12-21)13-21)25-20(24-17)27-6-8-29-9-7-27/h2-5,10,14-15H,6-9,11-13H2,1H3,(H,23,28)(H,24,25,26)/t14-,15?,21?/m0/s1. The molecular weight excluding hydrogens is 368 g/mol. The molecule has 8 heteroatoms. The molecule has 1 amide bonds. The molecule has 4 aliphatic rings. The van der Waals surface area contributed by atoms with Crippen molar-refractivity contribution in [1.29, 1.82) is 0 Å². The Morgan fingerprint density at radius 3 is 2.69 bits per heavy atom. The van der Waals surface area contributed by atoms with Crippen LogP contribution < -0.4 is 15.5 Å². The van der Waals surface area contributed by atoms with Crippen molar-refractivity contribution < 1.29 is 9.53 Å². The fourth-order valence-corrected chi connectivity index (χ4v) is 4.39. The highest BCUT2D eigenvalue weighted by molar-refractivity contribution is 5.92. The summed E-state index contributed by atoms with van der Waals surface area (Å²) in [5.41, 5.74) is 1.41. The van der Waals surface area contributed by atoms with E-state index in [1.54, 1.807) is 24.4 Å². The van der Waals surface area contributed by atoms with Crippen LogP contribution >= 0.6 is 0 Å². The van der Waals surface area contributed by atoms with Crippen LogP contribution in [-0.4, -0.2) is 52.7 Å². The molecule has 6 rings (SSSR count). The Kier molecular flexibility index (Phi) is 4.58. The van der Waals surface area contributed by atoms with E-state index in [0.29, 0.717) is 24.9 Å². The molecule has 2 aromatic rings. The first kappa shape index (κ1) is 18.3. The lowest BCUT2D eigenvalue weighted by Crippen LogP contribution is -2.63. The van der Waals surface area contributed by atoms with Gasteiger partial charge in [0, 0.05) is 30.9 Å². The van der Waals surface area contributed by atoms with Crippen molar-refractivity contribution >= 4 is 17.7 Å². The molecule has 3 heterocycles. The molecule has 2 aromatic heterocycles. The Morgan fingerprint density at radius 1 is 1.24 bits per heavy atom. The second-order valence-corrected chi connectivity index (χ2v) is 8.37. The van der Waals surface area contributed by atoms with Crippen molar-refractivity contribution in [3.63, 3.8) is 0 Å². The second-order valence-electron chi connectivity index (χ2n) is 8.37. The molecule has 3 saturated carbocycles. The first-order chi connectivity index (χ1) is 14.1. The Labute approximate surface area is 170 Å². The lowest BCUT2D eigenvalue weighted by molar-refractivity contribution is 0.00179. The van der Waals surface area contributed by atoms with Gasteiger partial charge in [-0.25, -0.2) is 4.98 Å². The van der Waals surface area contributed by atoms with E-state index in [4.69, 9.17) is 14.7 Å². The van der Waals surface area contributed by atoms with Crippen LogP contribution in [0.25, 0.3) is 0 Å². The van der Waals surface area contributed by atoms with Crippen molar-refractivity contribution in [2.24, 2.45) is 5.92 Å². The highest BCUT2D eigenvalue weighted by Crippen LogP contribution is 2.58. The second kappa shape index (κ2) is 7.26. The Hall–Kier alpha value is -2.74. The number of rotatable bonds is 6. The van der Waals surface area contributed by atoms with Gasteiger partial charge in [0.1, 0.15) is 11.5 Å². The topological polar surface area (TPSA) is 92.3 Å². The van der Waals surface area contributed by atoms with E-state index < -0.39 is 0 Å². The van der Waals surface area contributed by atoms with E-state index >= 15 is 0 Å². The number of morpholine rings is 1. The maximum absolute atomic E-state index is 12.5. The van der Waals surface area contributed by atoms with E-state index in [1.165, 1.54) is 19.3 Å². The van der Waals surface area contributed by atoms with Gasteiger partial charge in [-0.2, -0.15) is 4.98 Å². The third-order valence-corrected chi connectivity index (χ3v) is 6.15. The molecule has 8 nitrogen and oxygen atoms in total. The molecule has 0 unspecified atom stereocenters. The molecule has 2 N–H and O–H groups in total. The van der Waals surface area contributed by atoms with Crippen molar-refractivity contribution in [1.82, 2.24) is 20.3 Å². The summed E-state index contributed by atoms with van der Waals surface area (Å²) in [6.45, 7) is 4.83. The van der Waals surface area contributed by atoms with Gasteiger partial charge in [0.25, 0.3) is 5.91 Å². The maximum atomic E-state index is 12.5. The van der Waals surface area contributed by atoms with Crippen LogP contribution in [0.4, 0.5) is 11.8 Å². The minimum atomic E-state index is -0.263. The Morgan fingerprint density at radius 2 is 2.03 bits per heavy atom. The van der Waals surface area contributed by atoms with Gasteiger partial charge >= 0.3 is 0 Å². The van der Waals surface area contributed by atoms with Crippen LogP contribution in [0.1, 0.15) is 48.4 Å². The van der Waals surface area contributed by atoms with E-state index in [9.17, 15) is 4.79 Å². The summed E-state index contributed by atoms with van der Waals surface area (Å²) in [7, 11) is 0. The molecule has 4 fully saturated rings. The fraction of sp³-hybridized carbons (Fsp3) is 0.524. The van der Waals surface area contributed by atoms with Gasteiger partial charge in [0.05, 0.1) is 24.9 Å². The molecule has 2 bridgehead atoms. The van der Waals surface area contributed by atoms with Crippen molar-refractivity contribution in [3.8, 4) is 0 Å². The molecule has 1 atom stereocenters. The molecule has 0 radical (unpaired) electrons. The molecular formula is C21H26N6O2. The minimum absolute atomic E-state index is 0.210. The van der Waals surface area contributed by atoms with E-state index in [-0.39, 0.29) is 17.5 Å². The largest absolute Gasteiger partial charge is 0.378 e. The monoisotopic (exact) mass is 394 g/mol. The van der Waals surface area contributed by atoms with Crippen LogP contribution in [0.3, 0.4) is 0 Å². The molecule has 29 heavy (non-hydrogen) atoms. The third kappa shape index (κ3) is 3.64. The van der Waals surface area contributed by atoms with Crippen molar-refractivity contribution in [2.45, 2.75) is 37.8 Å². The normalized spacial score (nSPS) is 26.1. The van der Waals surface area contributed by atoms with Gasteiger partial charge in [0.2, 0.25) is 5.95 Å². The number of hydrogen-bond donors (Lipinski definition) is 2. The average Bonchev–Trinajstić information content (AvgIpc) is 2.71. The zero-order valence-electron chi connectivity index (χ0n) is 16.6. The summed E-state index contributed by atoms with van der Waals surface area (Å²) >= 11 is 0. The van der Waals surface area contributed by atoms with Crippen LogP contribution in [0, 0.1) is 5.92 Å². The van der Waals surface area contributed by atoms with Crippen LogP contribution in [-0.2, 0) is 4.74 Å². The molecule has 0 spiro atoms. The first-order valence-corrected chi connectivity index (χ1v) is 10.3. The molecule has 152 valence electrons. The SMILES string of the molecule is C[C@H](NC(=O)c1ccccn1)c1cc(NC23CC(C2)C3)nc(N2CCOCC2)n1. The number of carbonyl (C=O) groups is 1. The number of pyridine rings is 1. The van der Waals surface area contributed by atoms with Crippen LogP contribution in [0.2, 0.25) is 0 Å². The summed E-state index contributed by atoms with van der Waals surface area (Å²) in [6.07, 6.45) is 5.30. The number of anilines is 2. The number of amides is 1. The molecule has 1 aliphatic heterocycles. The average molecular weight is 394 g/mol. The van der Waals surface area contributed by atoms with Gasteiger partial charge in [-0.05, 0) is 44.2 Å².